The number of hydrogen-bond donors (Lipinski definition) is 2. The minimum absolute atomic E-state index is 0.00137. The molecule has 1 spiro atoms. The number of phenols is 1. The second-order valence-corrected chi connectivity index (χ2v) is 9.53. The maximum atomic E-state index is 12.6. The lowest BCUT2D eigenvalue weighted by molar-refractivity contribution is -0.139. The number of fused-ring (bicyclic) bond motifs is 1. The Balaban J connectivity index is 1.69. The molecule has 2 saturated carbocycles. The summed E-state index contributed by atoms with van der Waals surface area (Å²) in [6.07, 6.45) is 3.33. The molecule has 1 aliphatic heterocycles. The summed E-state index contributed by atoms with van der Waals surface area (Å²) in [7, 11) is 0. The molecule has 0 aromatic heterocycles. The Kier molecular flexibility index (Phi) is 4.11. The normalized spacial score (nSPS) is 37.6. The smallest absolute Gasteiger partial charge is 0.222 e. The topological polar surface area (TPSA) is 58.6 Å². The number of phenolic OH excluding ortho intramolecular Hbond substituents is 1. The zero-order valence-electron chi connectivity index (χ0n) is 16.3. The van der Waals surface area contributed by atoms with Gasteiger partial charge in [-0.1, -0.05) is 39.8 Å². The second-order valence-electron chi connectivity index (χ2n) is 9.53. The molecule has 1 heterocycles. The molecule has 2 bridgehead atoms. The number of carbonyl (C=O) groups excluding carboxylic acids is 1. The zero-order valence-corrected chi connectivity index (χ0v) is 16.3. The highest BCUT2D eigenvalue weighted by atomic mass is 16.5. The Labute approximate surface area is 156 Å². The fourth-order valence-electron chi connectivity index (χ4n) is 6.13. The van der Waals surface area contributed by atoms with Crippen LogP contribution in [-0.4, -0.2) is 23.7 Å². The van der Waals surface area contributed by atoms with Crippen molar-refractivity contribution in [2.24, 2.45) is 28.6 Å². The molecule has 2 aliphatic carbocycles. The number of amides is 1. The molecule has 1 amide bonds. The van der Waals surface area contributed by atoms with Crippen LogP contribution in [0.4, 0.5) is 0 Å². The molecular weight excluding hydrogens is 326 g/mol. The van der Waals surface area contributed by atoms with E-state index in [-0.39, 0.29) is 34.8 Å². The van der Waals surface area contributed by atoms with E-state index in [2.05, 4.69) is 25.2 Å². The molecule has 26 heavy (non-hydrogen) atoms. The van der Waals surface area contributed by atoms with Crippen LogP contribution >= 0.6 is 0 Å². The van der Waals surface area contributed by atoms with Gasteiger partial charge in [0.05, 0.1) is 6.10 Å². The van der Waals surface area contributed by atoms with Gasteiger partial charge in [-0.2, -0.15) is 0 Å². The van der Waals surface area contributed by atoms with E-state index in [4.69, 9.17) is 4.74 Å². The summed E-state index contributed by atoms with van der Waals surface area (Å²) in [5.41, 5.74) is 1.28. The SMILES string of the molecule is CC(C)C(=O)N[C@@H]1C(C)(C)[C@@H]2C[C@@H]3[C@@H](c4cccc(O)c4)OCC[C@@]31C2. The van der Waals surface area contributed by atoms with Crippen LogP contribution < -0.4 is 5.32 Å². The van der Waals surface area contributed by atoms with Gasteiger partial charge in [-0.3, -0.25) is 4.79 Å². The lowest BCUT2D eigenvalue weighted by Gasteiger charge is -2.53. The highest BCUT2D eigenvalue weighted by Gasteiger charge is 2.68. The standard InChI is InChI=1S/C22H31NO3/c1-13(2)19(25)23-20-21(3,4)15-11-17-18(14-6-5-7-16(24)10-14)26-9-8-22(17,20)12-15/h5-7,10,13,15,17-18,20,24H,8-9,11-12H2,1-4H3,(H,23,25)/t15-,17-,18-,20-,22-/m1/s1. The Hall–Kier alpha value is -1.55. The van der Waals surface area contributed by atoms with Crippen molar-refractivity contribution in [2.75, 3.05) is 6.61 Å². The largest absolute Gasteiger partial charge is 0.508 e. The average molecular weight is 357 g/mol. The minimum Gasteiger partial charge on any atom is -0.508 e. The average Bonchev–Trinajstić information content (AvgIpc) is 3.07. The molecule has 2 N–H and O–H groups in total. The summed E-state index contributed by atoms with van der Waals surface area (Å²) in [4.78, 5) is 12.6. The van der Waals surface area contributed by atoms with Crippen molar-refractivity contribution in [3.8, 4) is 5.75 Å². The molecule has 4 rings (SSSR count). The predicted octanol–water partition coefficient (Wildman–Crippen LogP) is 4.05. The molecule has 142 valence electrons. The molecule has 1 saturated heterocycles. The van der Waals surface area contributed by atoms with Crippen molar-refractivity contribution in [1.82, 2.24) is 5.32 Å². The first-order valence-corrected chi connectivity index (χ1v) is 9.96. The molecule has 3 fully saturated rings. The third kappa shape index (κ3) is 2.49. The molecule has 4 heteroatoms. The third-order valence-corrected chi connectivity index (χ3v) is 7.51. The number of nitrogens with one attached hydrogen (secondary N) is 1. The van der Waals surface area contributed by atoms with Crippen LogP contribution in [-0.2, 0) is 9.53 Å². The van der Waals surface area contributed by atoms with Crippen molar-refractivity contribution in [1.29, 1.82) is 0 Å². The van der Waals surface area contributed by atoms with Gasteiger partial charge in [-0.15, -0.1) is 0 Å². The lowest BCUT2D eigenvalue weighted by atomic mass is 9.58. The van der Waals surface area contributed by atoms with E-state index in [1.54, 1.807) is 6.07 Å². The fourth-order valence-corrected chi connectivity index (χ4v) is 6.13. The number of hydrogen-bond acceptors (Lipinski definition) is 3. The van der Waals surface area contributed by atoms with E-state index in [9.17, 15) is 9.90 Å². The van der Waals surface area contributed by atoms with Crippen molar-refractivity contribution in [2.45, 2.75) is 59.1 Å². The van der Waals surface area contributed by atoms with Crippen LogP contribution in [0.25, 0.3) is 0 Å². The summed E-state index contributed by atoms with van der Waals surface area (Å²) in [6.45, 7) is 9.29. The van der Waals surface area contributed by atoms with Gasteiger partial charge in [-0.05, 0) is 59.6 Å². The summed E-state index contributed by atoms with van der Waals surface area (Å²) in [5, 5.41) is 13.3. The highest BCUT2D eigenvalue weighted by Crippen LogP contribution is 2.70. The monoisotopic (exact) mass is 357 g/mol. The van der Waals surface area contributed by atoms with Gasteiger partial charge in [0.2, 0.25) is 5.91 Å². The Morgan fingerprint density at radius 1 is 1.35 bits per heavy atom. The molecular formula is C22H31NO3. The third-order valence-electron chi connectivity index (χ3n) is 7.51. The van der Waals surface area contributed by atoms with E-state index >= 15 is 0 Å². The van der Waals surface area contributed by atoms with E-state index in [0.717, 1.165) is 18.4 Å². The fraction of sp³-hybridized carbons (Fsp3) is 0.682. The summed E-state index contributed by atoms with van der Waals surface area (Å²) in [6, 6.07) is 7.68. The summed E-state index contributed by atoms with van der Waals surface area (Å²) < 4.78 is 6.23. The van der Waals surface area contributed by atoms with Gasteiger partial charge in [0.1, 0.15) is 5.75 Å². The van der Waals surface area contributed by atoms with Crippen LogP contribution in [0.3, 0.4) is 0 Å². The zero-order chi connectivity index (χ0) is 18.7. The van der Waals surface area contributed by atoms with Crippen molar-refractivity contribution < 1.29 is 14.6 Å². The van der Waals surface area contributed by atoms with Gasteiger partial charge in [-0.25, -0.2) is 0 Å². The van der Waals surface area contributed by atoms with Gasteiger partial charge < -0.3 is 15.2 Å². The predicted molar refractivity (Wildman–Crippen MR) is 101 cm³/mol. The Bertz CT molecular complexity index is 713. The molecule has 5 atom stereocenters. The molecule has 0 unspecified atom stereocenters. The highest BCUT2D eigenvalue weighted by molar-refractivity contribution is 5.78. The molecule has 1 aromatic carbocycles. The quantitative estimate of drug-likeness (QED) is 0.858. The van der Waals surface area contributed by atoms with E-state index < -0.39 is 0 Å². The number of benzene rings is 1. The van der Waals surface area contributed by atoms with E-state index in [0.29, 0.717) is 24.2 Å². The van der Waals surface area contributed by atoms with Gasteiger partial charge in [0.15, 0.2) is 0 Å². The van der Waals surface area contributed by atoms with Gasteiger partial charge >= 0.3 is 0 Å². The molecule has 1 aromatic rings. The van der Waals surface area contributed by atoms with Gasteiger partial charge in [0, 0.05) is 18.6 Å². The van der Waals surface area contributed by atoms with Crippen LogP contribution in [0.2, 0.25) is 0 Å². The molecule has 4 nitrogen and oxygen atoms in total. The summed E-state index contributed by atoms with van der Waals surface area (Å²) >= 11 is 0. The number of ether oxygens (including phenoxy) is 1. The summed E-state index contributed by atoms with van der Waals surface area (Å²) in [5.74, 6) is 1.45. The first kappa shape index (κ1) is 17.8. The molecule has 0 radical (unpaired) electrons. The van der Waals surface area contributed by atoms with Crippen LogP contribution in [0.15, 0.2) is 24.3 Å². The van der Waals surface area contributed by atoms with Crippen LogP contribution in [0.5, 0.6) is 5.75 Å². The lowest BCUT2D eigenvalue weighted by Crippen LogP contribution is -2.59. The number of aromatic hydroxyl groups is 1. The first-order valence-electron chi connectivity index (χ1n) is 9.96. The Morgan fingerprint density at radius 3 is 2.81 bits per heavy atom. The van der Waals surface area contributed by atoms with Crippen molar-refractivity contribution in [3.05, 3.63) is 29.8 Å². The minimum atomic E-state index is 0.00137. The number of rotatable bonds is 3. The molecule has 3 aliphatic rings. The van der Waals surface area contributed by atoms with Crippen LogP contribution in [0.1, 0.15) is 58.6 Å². The maximum Gasteiger partial charge on any atom is 0.222 e. The van der Waals surface area contributed by atoms with E-state index in [1.165, 1.54) is 6.42 Å². The van der Waals surface area contributed by atoms with Crippen molar-refractivity contribution >= 4 is 5.91 Å². The van der Waals surface area contributed by atoms with E-state index in [1.807, 2.05) is 26.0 Å². The maximum absolute atomic E-state index is 12.6. The van der Waals surface area contributed by atoms with Crippen LogP contribution in [0, 0.1) is 28.6 Å². The van der Waals surface area contributed by atoms with Gasteiger partial charge in [0.25, 0.3) is 0 Å². The first-order chi connectivity index (χ1) is 12.3. The van der Waals surface area contributed by atoms with Crippen molar-refractivity contribution in [3.63, 3.8) is 0 Å². The second kappa shape index (κ2) is 5.98. The number of carbonyl (C=O) groups is 1. The Morgan fingerprint density at radius 2 is 2.12 bits per heavy atom.